The van der Waals surface area contributed by atoms with Crippen LogP contribution in [0.3, 0.4) is 0 Å². The number of hydrogen-bond acceptors (Lipinski definition) is 3. The van der Waals surface area contributed by atoms with Gasteiger partial charge in [0.15, 0.2) is 5.78 Å². The normalized spacial score (nSPS) is 11.8. The van der Waals surface area contributed by atoms with Gasteiger partial charge in [-0.15, -0.1) is 0 Å². The topological polar surface area (TPSA) is 66.4 Å². The maximum Gasteiger partial charge on any atom is 0.305 e. The zero-order valence-electron chi connectivity index (χ0n) is 10.3. The van der Waals surface area contributed by atoms with Gasteiger partial charge in [0.2, 0.25) is 0 Å². The highest BCUT2D eigenvalue weighted by atomic mass is 35.5. The van der Waals surface area contributed by atoms with Gasteiger partial charge in [-0.25, -0.2) is 4.39 Å². The van der Waals surface area contributed by atoms with Gasteiger partial charge in [0, 0.05) is 5.70 Å². The molecule has 0 fully saturated rings. The highest BCUT2D eigenvalue weighted by Gasteiger charge is 2.22. The predicted molar refractivity (Wildman–Crippen MR) is 75.7 cm³/mol. The number of ketones is 1. The van der Waals surface area contributed by atoms with Crippen LogP contribution in [0.25, 0.3) is 5.70 Å². The maximum atomic E-state index is 12.4. The van der Waals surface area contributed by atoms with Crippen LogP contribution in [0.15, 0.2) is 24.8 Å². The van der Waals surface area contributed by atoms with E-state index in [9.17, 15) is 14.0 Å². The smallest absolute Gasteiger partial charge is 0.305 e. The molecule has 0 heterocycles. The molecule has 1 aromatic rings. The summed E-state index contributed by atoms with van der Waals surface area (Å²) in [5.74, 6) is -2.07. The van der Waals surface area contributed by atoms with E-state index in [4.69, 9.17) is 28.3 Å². The highest BCUT2D eigenvalue weighted by Crippen LogP contribution is 2.25. The van der Waals surface area contributed by atoms with Crippen molar-refractivity contribution in [2.24, 2.45) is 0 Å². The van der Waals surface area contributed by atoms with E-state index >= 15 is 0 Å². The van der Waals surface area contributed by atoms with Crippen LogP contribution in [-0.4, -0.2) is 29.6 Å². The predicted octanol–water partition coefficient (Wildman–Crippen LogP) is 2.94. The van der Waals surface area contributed by atoms with Gasteiger partial charge in [-0.3, -0.25) is 9.59 Å². The average Bonchev–Trinajstić information content (AvgIpc) is 2.39. The summed E-state index contributed by atoms with van der Waals surface area (Å²) in [6.07, 6.45) is -0.539. The van der Waals surface area contributed by atoms with Crippen LogP contribution in [0.2, 0.25) is 10.0 Å². The number of aliphatic carboxylic acids is 1. The van der Waals surface area contributed by atoms with Crippen LogP contribution in [0.4, 0.5) is 4.39 Å². The Balaban J connectivity index is 2.86. The van der Waals surface area contributed by atoms with Crippen molar-refractivity contribution in [1.29, 1.82) is 0 Å². The van der Waals surface area contributed by atoms with Crippen LogP contribution >= 0.6 is 23.2 Å². The Morgan fingerprint density at radius 1 is 1.35 bits per heavy atom. The zero-order chi connectivity index (χ0) is 15.3. The number of carboxylic acids is 1. The molecule has 0 aliphatic carbocycles. The van der Waals surface area contributed by atoms with E-state index in [1.54, 1.807) is 6.07 Å². The Bertz CT molecular complexity index is 548. The summed E-state index contributed by atoms with van der Waals surface area (Å²) in [5, 5.41) is 11.9. The van der Waals surface area contributed by atoms with E-state index in [0.29, 0.717) is 15.6 Å². The molecule has 0 amide bonds. The lowest BCUT2D eigenvalue weighted by atomic mass is 10.1. The van der Waals surface area contributed by atoms with Gasteiger partial charge in [-0.1, -0.05) is 35.8 Å². The number of carboxylic acid groups (broad SMARTS) is 1. The standard InChI is InChI=1S/C13H12Cl2FNO3/c1-7(8-2-3-9(14)10(15)4-8)17-11(5-13(19)20)12(18)6-16/h2-4,11,17H,1,5-6H2,(H,19,20). The minimum absolute atomic E-state index is 0.261. The number of carbonyl (C=O) groups excluding carboxylic acids is 1. The third-order valence-electron chi connectivity index (χ3n) is 2.52. The number of rotatable bonds is 7. The summed E-state index contributed by atoms with van der Waals surface area (Å²) < 4.78 is 12.4. The monoisotopic (exact) mass is 319 g/mol. The molecule has 0 aliphatic heterocycles. The molecular weight excluding hydrogens is 308 g/mol. The number of hydrogen-bond donors (Lipinski definition) is 2. The van der Waals surface area contributed by atoms with E-state index in [0.717, 1.165) is 0 Å². The van der Waals surface area contributed by atoms with Crippen molar-refractivity contribution in [3.8, 4) is 0 Å². The first-order valence-electron chi connectivity index (χ1n) is 5.56. The van der Waals surface area contributed by atoms with Crippen LogP contribution in [0, 0.1) is 0 Å². The molecule has 0 spiro atoms. The minimum atomic E-state index is -1.25. The fraction of sp³-hybridized carbons (Fsp3) is 0.231. The zero-order valence-corrected chi connectivity index (χ0v) is 11.8. The van der Waals surface area contributed by atoms with Gasteiger partial charge < -0.3 is 10.4 Å². The van der Waals surface area contributed by atoms with E-state index in [1.807, 2.05) is 0 Å². The van der Waals surface area contributed by atoms with Gasteiger partial charge >= 0.3 is 5.97 Å². The second kappa shape index (κ2) is 7.26. The van der Waals surface area contributed by atoms with Crippen LogP contribution in [0.5, 0.6) is 0 Å². The van der Waals surface area contributed by atoms with E-state index in [1.165, 1.54) is 12.1 Å². The number of alkyl halides is 1. The van der Waals surface area contributed by atoms with Crippen molar-refractivity contribution in [2.45, 2.75) is 12.5 Å². The lowest BCUT2D eigenvalue weighted by Gasteiger charge is -2.18. The Kier molecular flexibility index (Phi) is 5.98. The number of benzene rings is 1. The van der Waals surface area contributed by atoms with Crippen molar-refractivity contribution in [1.82, 2.24) is 5.32 Å². The van der Waals surface area contributed by atoms with Crippen LogP contribution < -0.4 is 5.32 Å². The Hall–Kier alpha value is -1.59. The van der Waals surface area contributed by atoms with Crippen molar-refractivity contribution >= 4 is 40.7 Å². The summed E-state index contributed by atoms with van der Waals surface area (Å²) in [6.45, 7) is 2.43. The SMILES string of the molecule is C=C(NC(CC(=O)O)C(=O)CF)c1ccc(Cl)c(Cl)c1. The summed E-state index contributed by atoms with van der Waals surface area (Å²) in [5.41, 5.74) is 0.790. The molecule has 0 saturated carbocycles. The average molecular weight is 320 g/mol. The largest absolute Gasteiger partial charge is 0.481 e. The van der Waals surface area contributed by atoms with Crippen molar-refractivity contribution in [3.63, 3.8) is 0 Å². The van der Waals surface area contributed by atoms with Gasteiger partial charge in [-0.05, 0) is 17.7 Å². The third-order valence-corrected chi connectivity index (χ3v) is 3.25. The molecule has 20 heavy (non-hydrogen) atoms. The molecule has 1 rings (SSSR count). The molecule has 1 atom stereocenters. The third kappa shape index (κ3) is 4.51. The second-order valence-electron chi connectivity index (χ2n) is 4.00. The first-order valence-corrected chi connectivity index (χ1v) is 6.32. The van der Waals surface area contributed by atoms with E-state index in [-0.39, 0.29) is 5.70 Å². The van der Waals surface area contributed by atoms with Gasteiger partial charge in [0.25, 0.3) is 0 Å². The van der Waals surface area contributed by atoms with E-state index in [2.05, 4.69) is 11.9 Å². The number of halogens is 3. The van der Waals surface area contributed by atoms with Gasteiger partial charge in [0.1, 0.15) is 6.67 Å². The highest BCUT2D eigenvalue weighted by molar-refractivity contribution is 6.42. The molecule has 0 radical (unpaired) electrons. The van der Waals surface area contributed by atoms with E-state index < -0.39 is 30.9 Å². The molecule has 0 saturated heterocycles. The van der Waals surface area contributed by atoms with Gasteiger partial charge in [-0.2, -0.15) is 0 Å². The Labute approximate surface area is 125 Å². The quantitative estimate of drug-likeness (QED) is 0.811. The van der Waals surface area contributed by atoms with Crippen molar-refractivity contribution < 1.29 is 19.1 Å². The Morgan fingerprint density at radius 3 is 2.50 bits per heavy atom. The molecule has 1 aromatic carbocycles. The fourth-order valence-corrected chi connectivity index (χ4v) is 1.79. The summed E-state index contributed by atoms with van der Waals surface area (Å²) >= 11 is 11.6. The molecule has 0 bridgehead atoms. The second-order valence-corrected chi connectivity index (χ2v) is 4.82. The van der Waals surface area contributed by atoms with Crippen LogP contribution in [-0.2, 0) is 9.59 Å². The summed E-state index contributed by atoms with van der Waals surface area (Å²) in [4.78, 5) is 22.0. The fourth-order valence-electron chi connectivity index (χ4n) is 1.49. The molecule has 108 valence electrons. The first-order chi connectivity index (χ1) is 9.35. The minimum Gasteiger partial charge on any atom is -0.481 e. The van der Waals surface area contributed by atoms with Crippen molar-refractivity contribution in [2.75, 3.05) is 6.67 Å². The molecule has 1 unspecified atom stereocenters. The number of Topliss-reactive ketones (excluding diaryl/α,β-unsaturated/α-hetero) is 1. The summed E-state index contributed by atoms with van der Waals surface area (Å²) in [7, 11) is 0. The molecule has 0 aromatic heterocycles. The molecular formula is C13H12Cl2FNO3. The van der Waals surface area contributed by atoms with Crippen LogP contribution in [0.1, 0.15) is 12.0 Å². The maximum absolute atomic E-state index is 12.4. The molecule has 7 heteroatoms. The number of carbonyl (C=O) groups is 2. The van der Waals surface area contributed by atoms with Gasteiger partial charge in [0.05, 0.1) is 22.5 Å². The number of nitrogens with one attached hydrogen (secondary N) is 1. The summed E-state index contributed by atoms with van der Waals surface area (Å²) in [6, 6.07) is 3.47. The Morgan fingerprint density at radius 2 is 2.00 bits per heavy atom. The van der Waals surface area contributed by atoms with Crippen molar-refractivity contribution in [3.05, 3.63) is 40.4 Å². The molecule has 4 nitrogen and oxygen atoms in total. The first kappa shape index (κ1) is 16.5. The lowest BCUT2D eigenvalue weighted by Crippen LogP contribution is -2.38. The lowest BCUT2D eigenvalue weighted by molar-refractivity contribution is -0.139. The molecule has 0 aliphatic rings. The molecule has 2 N–H and O–H groups in total.